The van der Waals surface area contributed by atoms with Gasteiger partial charge in [-0.2, -0.15) is 8.42 Å². The molecule has 0 aromatic carbocycles. The molecule has 31 heavy (non-hydrogen) atoms. The normalized spacial score (nSPS) is 41.5. The van der Waals surface area contributed by atoms with Gasteiger partial charge in [0.25, 0.3) is 0 Å². The number of aliphatic carboxylic acids is 1. The Morgan fingerprint density at radius 1 is 1.00 bits per heavy atom. The van der Waals surface area contributed by atoms with E-state index in [1.165, 1.54) is 0 Å². The Hall–Kier alpha value is -1.51. The minimum atomic E-state index is -4.97. The van der Waals surface area contributed by atoms with Crippen LogP contribution in [-0.4, -0.2) is 123 Å². The number of nitrogens with one attached hydrogen (secondary N) is 1. The molecule has 2 heterocycles. The van der Waals surface area contributed by atoms with Crippen LogP contribution in [0.2, 0.25) is 0 Å². The van der Waals surface area contributed by atoms with Gasteiger partial charge >= 0.3 is 16.4 Å². The van der Waals surface area contributed by atoms with Crippen LogP contribution in [0.3, 0.4) is 0 Å². The molecule has 10 atom stereocenters. The largest absolute Gasteiger partial charge is 0.479 e. The quantitative estimate of drug-likeness (QED) is 0.159. The van der Waals surface area contributed by atoms with Gasteiger partial charge in [-0.1, -0.05) is 0 Å². The Labute approximate surface area is 174 Å². The second-order valence-corrected chi connectivity index (χ2v) is 7.92. The van der Waals surface area contributed by atoms with Gasteiger partial charge in [0.05, 0.1) is 6.61 Å². The van der Waals surface area contributed by atoms with Gasteiger partial charge in [-0.25, -0.2) is 8.98 Å². The van der Waals surface area contributed by atoms with E-state index in [0.29, 0.717) is 0 Å². The van der Waals surface area contributed by atoms with Crippen molar-refractivity contribution in [2.45, 2.75) is 68.3 Å². The van der Waals surface area contributed by atoms with E-state index in [9.17, 15) is 48.6 Å². The third-order valence-electron chi connectivity index (χ3n) is 4.55. The topological polar surface area (TPSA) is 259 Å². The number of ether oxygens (including phenoxy) is 3. The summed E-state index contributed by atoms with van der Waals surface area (Å²) in [6.07, 6.45) is -17.3. The highest BCUT2D eigenvalue weighted by atomic mass is 32.3. The van der Waals surface area contributed by atoms with E-state index in [-0.39, 0.29) is 0 Å². The lowest BCUT2D eigenvalue weighted by molar-refractivity contribution is -0.335. The van der Waals surface area contributed by atoms with E-state index in [0.717, 1.165) is 6.92 Å². The fraction of sp³-hybridized carbons (Fsp3) is 0.857. The van der Waals surface area contributed by atoms with Gasteiger partial charge < -0.3 is 50.2 Å². The molecule has 2 aliphatic heterocycles. The fourth-order valence-electron chi connectivity index (χ4n) is 3.08. The second-order valence-electron chi connectivity index (χ2n) is 6.83. The predicted octanol–water partition coefficient (Wildman–Crippen LogP) is -5.33. The van der Waals surface area contributed by atoms with Crippen molar-refractivity contribution in [2.75, 3.05) is 6.61 Å². The smallest absolute Gasteiger partial charge is 0.397 e. The Morgan fingerprint density at radius 2 is 1.61 bits per heavy atom. The number of carboxylic acid groups (broad SMARTS) is 1. The lowest BCUT2D eigenvalue weighted by atomic mass is 9.95. The Morgan fingerprint density at radius 3 is 2.13 bits per heavy atom. The average Bonchev–Trinajstić information content (AvgIpc) is 2.65. The van der Waals surface area contributed by atoms with Gasteiger partial charge in [0.15, 0.2) is 18.7 Å². The molecule has 0 unspecified atom stereocenters. The van der Waals surface area contributed by atoms with Crippen LogP contribution in [0.5, 0.6) is 0 Å². The zero-order valence-corrected chi connectivity index (χ0v) is 16.6. The SMILES string of the molecule is CC(=O)N[C@H]1[C@@H](O[C@H]2[C@H](O)[C@@H](O)[C@H](O)O[C@@H]2C(=O)O)O[C@H](COS(=O)(=O)O)[C@@H](O)[C@@H]1O. The maximum absolute atomic E-state index is 11.5. The number of hydrogen-bond acceptors (Lipinski definition) is 13. The molecule has 0 bridgehead atoms. The minimum absolute atomic E-state index is 0.744. The fourth-order valence-corrected chi connectivity index (χ4v) is 3.39. The van der Waals surface area contributed by atoms with Gasteiger partial charge in [-0.3, -0.25) is 9.35 Å². The first-order chi connectivity index (χ1) is 14.2. The first-order valence-electron chi connectivity index (χ1n) is 8.71. The van der Waals surface area contributed by atoms with E-state index in [1.807, 2.05) is 0 Å². The van der Waals surface area contributed by atoms with Crippen molar-refractivity contribution in [3.05, 3.63) is 0 Å². The first kappa shape index (κ1) is 25.7. The maximum Gasteiger partial charge on any atom is 0.397 e. The minimum Gasteiger partial charge on any atom is -0.479 e. The molecule has 1 amide bonds. The number of carbonyl (C=O) groups excluding carboxylic acids is 1. The molecular weight excluding hydrogens is 454 g/mol. The third kappa shape index (κ3) is 6.26. The average molecular weight is 477 g/mol. The summed E-state index contributed by atoms with van der Waals surface area (Å²) in [4.78, 5) is 22.9. The van der Waals surface area contributed by atoms with Crippen LogP contribution in [0, 0.1) is 0 Å². The van der Waals surface area contributed by atoms with Gasteiger partial charge in [-0.05, 0) is 0 Å². The van der Waals surface area contributed by atoms with Crippen molar-refractivity contribution in [2.24, 2.45) is 0 Å². The van der Waals surface area contributed by atoms with Crippen LogP contribution < -0.4 is 5.32 Å². The monoisotopic (exact) mass is 477 g/mol. The lowest BCUT2D eigenvalue weighted by Crippen LogP contribution is -2.68. The molecule has 180 valence electrons. The highest BCUT2D eigenvalue weighted by molar-refractivity contribution is 7.80. The van der Waals surface area contributed by atoms with Crippen molar-refractivity contribution in [3.63, 3.8) is 0 Å². The Kier molecular flexibility index (Phi) is 8.27. The van der Waals surface area contributed by atoms with Crippen LogP contribution in [0.25, 0.3) is 0 Å². The molecule has 0 saturated carbocycles. The summed E-state index contributed by atoms with van der Waals surface area (Å²) in [6, 6.07) is -1.57. The molecule has 0 aromatic rings. The molecule has 0 spiro atoms. The van der Waals surface area contributed by atoms with Crippen LogP contribution in [0.15, 0.2) is 0 Å². The Bertz CT molecular complexity index is 761. The molecule has 0 aromatic heterocycles. The van der Waals surface area contributed by atoms with Gasteiger partial charge in [0.1, 0.15) is 42.7 Å². The number of hydrogen-bond donors (Lipinski definition) is 8. The molecule has 2 rings (SSSR count). The summed E-state index contributed by atoms with van der Waals surface area (Å²) in [5.74, 6) is -2.46. The van der Waals surface area contributed by atoms with Gasteiger partial charge in [-0.15, -0.1) is 0 Å². The van der Waals surface area contributed by atoms with Crippen LogP contribution in [0.4, 0.5) is 0 Å². The van der Waals surface area contributed by atoms with Crippen molar-refractivity contribution in [1.82, 2.24) is 5.32 Å². The predicted molar refractivity (Wildman–Crippen MR) is 91.2 cm³/mol. The lowest BCUT2D eigenvalue weighted by Gasteiger charge is -2.46. The first-order valence-corrected chi connectivity index (χ1v) is 10.1. The zero-order chi connectivity index (χ0) is 23.7. The highest BCUT2D eigenvalue weighted by Crippen LogP contribution is 2.29. The summed E-state index contributed by atoms with van der Waals surface area (Å²) in [7, 11) is -4.97. The molecule has 2 aliphatic rings. The number of aliphatic hydroxyl groups is 5. The standard InChI is InChI=1S/C14H23NO15S/c1-3(16)15-5-7(18)6(17)4(2-27-31(24,25)26)28-14(5)30-10-8(19)9(20)13(23)29-11(10)12(21)22/h4-11,13-14,17-20,23H,2H2,1H3,(H,15,16)(H,21,22)(H,24,25,26)/t4-,5-,6-,7-,8-,9-,10+,11+,13-,14-/m1/s1. The molecular formula is C14H23NO15S. The molecule has 2 saturated heterocycles. The van der Waals surface area contributed by atoms with Crippen molar-refractivity contribution in [1.29, 1.82) is 0 Å². The summed E-state index contributed by atoms with van der Waals surface area (Å²) < 4.78 is 49.6. The number of amides is 1. The maximum atomic E-state index is 11.5. The number of carbonyl (C=O) groups is 2. The van der Waals surface area contributed by atoms with Gasteiger partial charge in [0, 0.05) is 6.92 Å². The van der Waals surface area contributed by atoms with Crippen LogP contribution in [0.1, 0.15) is 6.92 Å². The van der Waals surface area contributed by atoms with E-state index >= 15 is 0 Å². The van der Waals surface area contributed by atoms with Crippen LogP contribution >= 0.6 is 0 Å². The molecule has 17 heteroatoms. The number of carboxylic acids is 1. The van der Waals surface area contributed by atoms with E-state index in [2.05, 4.69) is 9.50 Å². The summed E-state index contributed by atoms with van der Waals surface area (Å²) in [5, 5.41) is 61.3. The molecule has 8 N–H and O–H groups in total. The van der Waals surface area contributed by atoms with Crippen molar-refractivity contribution >= 4 is 22.3 Å². The zero-order valence-electron chi connectivity index (χ0n) is 15.8. The number of aliphatic hydroxyl groups excluding tert-OH is 5. The Balaban J connectivity index is 2.30. The molecule has 16 nitrogen and oxygen atoms in total. The summed E-state index contributed by atoms with van der Waals surface area (Å²) in [6.45, 7) is 0.0134. The highest BCUT2D eigenvalue weighted by Gasteiger charge is 2.52. The number of rotatable bonds is 7. The van der Waals surface area contributed by atoms with E-state index in [1.54, 1.807) is 0 Å². The van der Waals surface area contributed by atoms with Crippen molar-refractivity contribution in [3.8, 4) is 0 Å². The van der Waals surface area contributed by atoms with E-state index in [4.69, 9.17) is 18.8 Å². The van der Waals surface area contributed by atoms with Crippen molar-refractivity contribution < 1.29 is 71.6 Å². The molecule has 0 radical (unpaired) electrons. The molecule has 2 fully saturated rings. The summed E-state index contributed by atoms with van der Waals surface area (Å²) in [5.41, 5.74) is 0. The van der Waals surface area contributed by atoms with E-state index < -0.39 is 90.2 Å². The third-order valence-corrected chi connectivity index (χ3v) is 4.98. The van der Waals surface area contributed by atoms with Crippen LogP contribution in [-0.2, 0) is 38.4 Å². The second kappa shape index (κ2) is 9.96. The van der Waals surface area contributed by atoms with Gasteiger partial charge in [0.2, 0.25) is 5.91 Å². The molecule has 0 aliphatic carbocycles. The summed E-state index contributed by atoms with van der Waals surface area (Å²) >= 11 is 0.